The first kappa shape index (κ1) is 13.8. The predicted molar refractivity (Wildman–Crippen MR) is 73.4 cm³/mol. The number of anilines is 1. The van der Waals surface area contributed by atoms with Crippen molar-refractivity contribution >= 4 is 17.6 Å². The Kier molecular flexibility index (Phi) is 4.14. The summed E-state index contributed by atoms with van der Waals surface area (Å²) in [6, 6.07) is 5.14. The highest BCUT2D eigenvalue weighted by molar-refractivity contribution is 5.99. The monoisotopic (exact) mass is 273 g/mol. The van der Waals surface area contributed by atoms with Gasteiger partial charge in [0, 0.05) is 6.20 Å². The van der Waals surface area contributed by atoms with Gasteiger partial charge >= 0.3 is 0 Å². The lowest BCUT2D eigenvalue weighted by Gasteiger charge is -2.06. The highest BCUT2D eigenvalue weighted by Crippen LogP contribution is 2.08. The largest absolute Gasteiger partial charge is 0.469 e. The first-order valence-corrected chi connectivity index (χ1v) is 6.11. The molecule has 0 atom stereocenters. The lowest BCUT2D eigenvalue weighted by Crippen LogP contribution is -2.33. The van der Waals surface area contributed by atoms with Crippen molar-refractivity contribution in [3.05, 3.63) is 47.5 Å². The lowest BCUT2D eigenvalue weighted by molar-refractivity contribution is -0.115. The number of nitrogens with one attached hydrogen (secondary N) is 2. The summed E-state index contributed by atoms with van der Waals surface area (Å²) in [7, 11) is 0. The van der Waals surface area contributed by atoms with Gasteiger partial charge in [-0.25, -0.2) is 4.98 Å². The van der Waals surface area contributed by atoms with Crippen LogP contribution >= 0.6 is 0 Å². The summed E-state index contributed by atoms with van der Waals surface area (Å²) in [5.41, 5.74) is 1.42. The van der Waals surface area contributed by atoms with Gasteiger partial charge in [-0.15, -0.1) is 0 Å². The zero-order chi connectivity index (χ0) is 14.5. The minimum Gasteiger partial charge on any atom is -0.469 e. The van der Waals surface area contributed by atoms with Gasteiger partial charge in [0.15, 0.2) is 0 Å². The topological polar surface area (TPSA) is 84.2 Å². The van der Waals surface area contributed by atoms with Gasteiger partial charge in [-0.05, 0) is 37.6 Å². The van der Waals surface area contributed by atoms with E-state index in [1.54, 1.807) is 25.3 Å². The maximum Gasteiger partial charge on any atom is 0.255 e. The average molecular weight is 273 g/mol. The molecule has 0 radical (unpaired) electrons. The molecule has 2 rings (SSSR count). The van der Waals surface area contributed by atoms with Crippen molar-refractivity contribution in [1.29, 1.82) is 0 Å². The second-order valence-electron chi connectivity index (χ2n) is 4.34. The first-order chi connectivity index (χ1) is 9.56. The molecule has 0 aromatic carbocycles. The second kappa shape index (κ2) is 6.01. The van der Waals surface area contributed by atoms with Crippen LogP contribution in [0.3, 0.4) is 0 Å². The van der Waals surface area contributed by atoms with Crippen molar-refractivity contribution in [2.24, 2.45) is 0 Å². The van der Waals surface area contributed by atoms with Gasteiger partial charge in [-0.2, -0.15) is 0 Å². The quantitative estimate of drug-likeness (QED) is 0.887. The Labute approximate surface area is 116 Å². The number of hydrogen-bond acceptors (Lipinski definition) is 4. The second-order valence-corrected chi connectivity index (χ2v) is 4.34. The van der Waals surface area contributed by atoms with E-state index in [0.29, 0.717) is 17.1 Å². The Bertz CT molecular complexity index is 634. The van der Waals surface area contributed by atoms with Crippen LogP contribution in [-0.4, -0.2) is 23.3 Å². The van der Waals surface area contributed by atoms with Gasteiger partial charge in [0.1, 0.15) is 11.6 Å². The summed E-state index contributed by atoms with van der Waals surface area (Å²) in [4.78, 5) is 27.5. The van der Waals surface area contributed by atoms with Crippen molar-refractivity contribution in [3.8, 4) is 0 Å². The highest BCUT2D eigenvalue weighted by Gasteiger charge is 2.12. The van der Waals surface area contributed by atoms with Crippen molar-refractivity contribution < 1.29 is 14.0 Å². The Morgan fingerprint density at radius 3 is 2.75 bits per heavy atom. The normalized spacial score (nSPS) is 10.1. The summed E-state index contributed by atoms with van der Waals surface area (Å²) < 4.78 is 5.03. The number of carbonyl (C=O) groups is 2. The molecular formula is C14H15N3O3. The number of hydrogen-bond donors (Lipinski definition) is 2. The fourth-order valence-corrected chi connectivity index (χ4v) is 1.67. The molecular weight excluding hydrogens is 258 g/mol. The van der Waals surface area contributed by atoms with Gasteiger partial charge < -0.3 is 15.1 Å². The van der Waals surface area contributed by atoms with Crippen molar-refractivity contribution in [1.82, 2.24) is 10.3 Å². The molecule has 20 heavy (non-hydrogen) atoms. The summed E-state index contributed by atoms with van der Waals surface area (Å²) in [5.74, 6) is 0.299. The van der Waals surface area contributed by atoms with Gasteiger partial charge in [-0.1, -0.05) is 0 Å². The summed E-state index contributed by atoms with van der Waals surface area (Å²) in [5, 5.41) is 5.13. The van der Waals surface area contributed by atoms with E-state index in [9.17, 15) is 9.59 Å². The molecule has 0 saturated heterocycles. The molecule has 6 nitrogen and oxygen atoms in total. The molecule has 2 amide bonds. The van der Waals surface area contributed by atoms with Crippen molar-refractivity contribution in [2.45, 2.75) is 13.8 Å². The van der Waals surface area contributed by atoms with E-state index in [4.69, 9.17) is 4.42 Å². The molecule has 0 bridgehead atoms. The standard InChI is InChI=1S/C14H15N3O3/c1-9-3-5-15-12(7-9)17-13(18)8-16-14(19)11-4-6-20-10(11)2/h3-7H,8H2,1-2H3,(H,16,19)(H,15,17,18). The number of furan rings is 1. The van der Waals surface area contributed by atoms with E-state index < -0.39 is 0 Å². The van der Waals surface area contributed by atoms with Crippen LogP contribution in [0, 0.1) is 13.8 Å². The zero-order valence-corrected chi connectivity index (χ0v) is 11.3. The molecule has 6 heteroatoms. The molecule has 104 valence electrons. The molecule has 2 heterocycles. The maximum atomic E-state index is 11.8. The summed E-state index contributed by atoms with van der Waals surface area (Å²) in [6.07, 6.45) is 3.04. The van der Waals surface area contributed by atoms with E-state index in [1.165, 1.54) is 6.26 Å². The minimum absolute atomic E-state index is 0.126. The molecule has 0 aliphatic rings. The van der Waals surface area contributed by atoms with Gasteiger partial charge in [0.25, 0.3) is 5.91 Å². The van der Waals surface area contributed by atoms with Crippen LogP contribution in [0.15, 0.2) is 35.1 Å². The van der Waals surface area contributed by atoms with Gasteiger partial charge in [0.05, 0.1) is 18.4 Å². The fraction of sp³-hybridized carbons (Fsp3) is 0.214. The Balaban J connectivity index is 1.87. The number of aryl methyl sites for hydroxylation is 2. The molecule has 0 aliphatic carbocycles. The molecule has 0 saturated carbocycles. The van der Waals surface area contributed by atoms with Crippen molar-refractivity contribution in [3.63, 3.8) is 0 Å². The molecule has 0 spiro atoms. The van der Waals surface area contributed by atoms with Crippen LogP contribution in [0.25, 0.3) is 0 Å². The molecule has 0 fully saturated rings. The molecule has 0 unspecified atom stereocenters. The van der Waals surface area contributed by atoms with Crippen molar-refractivity contribution in [2.75, 3.05) is 11.9 Å². The maximum absolute atomic E-state index is 11.8. The Morgan fingerprint density at radius 2 is 2.10 bits per heavy atom. The molecule has 2 aromatic heterocycles. The third-order valence-electron chi connectivity index (χ3n) is 2.70. The summed E-state index contributed by atoms with van der Waals surface area (Å²) in [6.45, 7) is 3.46. The highest BCUT2D eigenvalue weighted by atomic mass is 16.3. The number of rotatable bonds is 4. The lowest BCUT2D eigenvalue weighted by atomic mass is 10.2. The minimum atomic E-state index is -0.344. The molecule has 2 aromatic rings. The number of aromatic nitrogens is 1. The number of amides is 2. The fourth-order valence-electron chi connectivity index (χ4n) is 1.67. The number of pyridine rings is 1. The van der Waals surface area contributed by atoms with E-state index in [-0.39, 0.29) is 18.4 Å². The van der Waals surface area contributed by atoms with Gasteiger partial charge in [0.2, 0.25) is 5.91 Å². The van der Waals surface area contributed by atoms with E-state index in [0.717, 1.165) is 5.56 Å². The number of nitrogens with zero attached hydrogens (tertiary/aromatic N) is 1. The molecule has 0 aliphatic heterocycles. The van der Waals surface area contributed by atoms with Crippen LogP contribution < -0.4 is 10.6 Å². The predicted octanol–water partition coefficient (Wildman–Crippen LogP) is 1.66. The number of carbonyl (C=O) groups excluding carboxylic acids is 2. The summed E-state index contributed by atoms with van der Waals surface area (Å²) >= 11 is 0. The molecule has 2 N–H and O–H groups in total. The van der Waals surface area contributed by atoms with E-state index in [2.05, 4.69) is 15.6 Å². The smallest absolute Gasteiger partial charge is 0.255 e. The van der Waals surface area contributed by atoms with E-state index >= 15 is 0 Å². The Hall–Kier alpha value is -2.63. The van der Waals surface area contributed by atoms with Crippen LogP contribution in [0.1, 0.15) is 21.7 Å². The van der Waals surface area contributed by atoms with Crippen LogP contribution in [0.5, 0.6) is 0 Å². The third-order valence-corrected chi connectivity index (χ3v) is 2.70. The zero-order valence-electron chi connectivity index (χ0n) is 11.3. The average Bonchev–Trinajstić information content (AvgIpc) is 2.82. The van der Waals surface area contributed by atoms with Crippen LogP contribution in [0.4, 0.5) is 5.82 Å². The van der Waals surface area contributed by atoms with Gasteiger partial charge in [-0.3, -0.25) is 9.59 Å². The van der Waals surface area contributed by atoms with Crippen LogP contribution in [0.2, 0.25) is 0 Å². The third kappa shape index (κ3) is 3.44. The van der Waals surface area contributed by atoms with E-state index in [1.807, 2.05) is 13.0 Å². The SMILES string of the molecule is Cc1ccnc(NC(=O)CNC(=O)c2ccoc2C)c1. The Morgan fingerprint density at radius 1 is 1.30 bits per heavy atom. The van der Waals surface area contributed by atoms with Crippen LogP contribution in [-0.2, 0) is 4.79 Å². The first-order valence-electron chi connectivity index (χ1n) is 6.11.